The topological polar surface area (TPSA) is 58.9 Å². The Balaban J connectivity index is 3.50. The number of halogens is 1. The molecule has 0 fully saturated rings. The Labute approximate surface area is 57.1 Å². The predicted molar refractivity (Wildman–Crippen MR) is 31.7 cm³/mol. The van der Waals surface area contributed by atoms with E-state index in [1.54, 1.807) is 0 Å². The fourth-order valence-electron chi connectivity index (χ4n) is 0.241. The van der Waals surface area contributed by atoms with Crippen LogP contribution in [0.25, 0.3) is 0 Å². The van der Waals surface area contributed by atoms with Crippen LogP contribution in [0.4, 0.5) is 0 Å². The summed E-state index contributed by atoms with van der Waals surface area (Å²) in [6, 6.07) is 0. The van der Waals surface area contributed by atoms with Gasteiger partial charge >= 0.3 is 5.97 Å². The summed E-state index contributed by atoms with van der Waals surface area (Å²) in [6.45, 7) is 1.21. The quantitative estimate of drug-likeness (QED) is 0.206. The molecule has 0 heterocycles. The van der Waals surface area contributed by atoms with Crippen molar-refractivity contribution in [2.75, 3.05) is 0 Å². The zero-order chi connectivity index (χ0) is 7.28. The molecule has 0 aliphatic carbocycles. The molecule has 52 valence electrons. The highest BCUT2D eigenvalue weighted by atomic mass is 35.5. The van der Waals surface area contributed by atoms with Gasteiger partial charge in [0.15, 0.2) is 0 Å². The largest absolute Gasteiger partial charge is 0.440 e. The number of hydrogen-bond donors (Lipinski definition) is 1. The summed E-state index contributed by atoms with van der Waals surface area (Å²) in [6.07, 6.45) is 0.892. The van der Waals surface area contributed by atoms with Gasteiger partial charge in [0.25, 0.3) is 0 Å². The normalized spacial score (nSPS) is 13.6. The average Bonchev–Trinajstić information content (AvgIpc) is 1.63. The van der Waals surface area contributed by atoms with Crippen LogP contribution in [-0.4, -0.2) is 23.0 Å². The van der Waals surface area contributed by atoms with Gasteiger partial charge < -0.3 is 9.94 Å². The van der Waals surface area contributed by atoms with Crippen molar-refractivity contribution in [3.63, 3.8) is 0 Å². The summed E-state index contributed by atoms with van der Waals surface area (Å²) in [7, 11) is 0. The Hall–Kier alpha value is -0.770. The molecule has 1 unspecified atom stereocenters. The molecule has 0 aromatic heterocycles. The second kappa shape index (κ2) is 4.14. The van der Waals surface area contributed by atoms with Crippen LogP contribution in [0.3, 0.4) is 0 Å². The number of hydrogen-bond acceptors (Lipinski definition) is 4. The van der Waals surface area contributed by atoms with Crippen molar-refractivity contribution in [2.24, 2.45) is 5.16 Å². The van der Waals surface area contributed by atoms with E-state index in [-0.39, 0.29) is 0 Å². The van der Waals surface area contributed by atoms with E-state index in [9.17, 15) is 4.79 Å². The molecule has 0 spiro atoms. The van der Waals surface area contributed by atoms with Gasteiger partial charge in [-0.2, -0.15) is 0 Å². The lowest BCUT2D eigenvalue weighted by Gasteiger charge is -2.00. The number of ether oxygens (including phenoxy) is 1. The molecule has 5 heteroatoms. The lowest BCUT2D eigenvalue weighted by atomic mass is 10.7. The minimum atomic E-state index is -0.979. The van der Waals surface area contributed by atoms with E-state index in [2.05, 4.69) is 9.89 Å². The van der Waals surface area contributed by atoms with Gasteiger partial charge in [0.05, 0.1) is 6.21 Å². The van der Waals surface area contributed by atoms with Crippen molar-refractivity contribution in [3.05, 3.63) is 0 Å². The van der Waals surface area contributed by atoms with E-state index in [4.69, 9.17) is 16.8 Å². The number of carbonyl (C=O) groups excluding carboxylic acids is 1. The molecule has 9 heavy (non-hydrogen) atoms. The van der Waals surface area contributed by atoms with Crippen molar-refractivity contribution in [2.45, 2.75) is 12.5 Å². The Bertz CT molecular complexity index is 125. The van der Waals surface area contributed by atoms with Crippen molar-refractivity contribution in [3.8, 4) is 0 Å². The Kier molecular flexibility index (Phi) is 3.79. The Morgan fingerprint density at radius 3 is 2.89 bits per heavy atom. The summed E-state index contributed by atoms with van der Waals surface area (Å²) in [4.78, 5) is 10.1. The minimum absolute atomic E-state index is 0.519. The maximum atomic E-state index is 10.1. The van der Waals surface area contributed by atoms with Crippen LogP contribution in [0, 0.1) is 0 Å². The van der Waals surface area contributed by atoms with Crippen LogP contribution in [0.1, 0.15) is 6.92 Å². The first kappa shape index (κ1) is 8.23. The van der Waals surface area contributed by atoms with Crippen molar-refractivity contribution in [1.29, 1.82) is 0 Å². The van der Waals surface area contributed by atoms with Gasteiger partial charge in [-0.15, -0.1) is 0 Å². The molecule has 0 saturated heterocycles. The maximum absolute atomic E-state index is 10.1. The van der Waals surface area contributed by atoms with Crippen molar-refractivity contribution in [1.82, 2.24) is 0 Å². The summed E-state index contributed by atoms with van der Waals surface area (Å²) in [5.74, 6) is -0.519. The van der Waals surface area contributed by atoms with E-state index < -0.39 is 11.5 Å². The molecule has 0 saturated carbocycles. The average molecular weight is 152 g/mol. The fourth-order valence-corrected chi connectivity index (χ4v) is 0.417. The Morgan fingerprint density at radius 2 is 2.56 bits per heavy atom. The molecule has 0 aliphatic heterocycles. The molecule has 0 aromatic carbocycles. The smallest absolute Gasteiger partial charge is 0.304 e. The van der Waals surface area contributed by atoms with Crippen LogP contribution in [0.2, 0.25) is 0 Å². The molecule has 0 radical (unpaired) electrons. The Morgan fingerprint density at radius 1 is 2.00 bits per heavy atom. The van der Waals surface area contributed by atoms with E-state index in [0.29, 0.717) is 0 Å². The molecule has 0 bridgehead atoms. The van der Waals surface area contributed by atoms with Crippen LogP contribution in [0.5, 0.6) is 0 Å². The minimum Gasteiger partial charge on any atom is -0.440 e. The zero-order valence-electron chi connectivity index (χ0n) is 4.74. The number of nitrogens with zero attached hydrogens (tertiary/aromatic N) is 1. The summed E-state index contributed by atoms with van der Waals surface area (Å²) >= 11 is 5.22. The standard InChI is InChI=1S/C4H6ClNO3/c1-3(7)9-4(5)2-6-8/h2,4,8H,1H3/b6-2+. The molecular formula is C4H6ClNO3. The van der Waals surface area contributed by atoms with Crippen LogP contribution in [0.15, 0.2) is 5.16 Å². The predicted octanol–water partition coefficient (Wildman–Crippen LogP) is 0.574. The van der Waals surface area contributed by atoms with Crippen molar-refractivity contribution >= 4 is 23.8 Å². The molecule has 0 rings (SSSR count). The fraction of sp³-hybridized carbons (Fsp3) is 0.500. The van der Waals surface area contributed by atoms with Gasteiger partial charge in [0.2, 0.25) is 5.56 Å². The second-order valence-electron chi connectivity index (χ2n) is 1.23. The van der Waals surface area contributed by atoms with Gasteiger partial charge in [0.1, 0.15) is 0 Å². The summed E-state index contributed by atoms with van der Waals surface area (Å²) in [5, 5.41) is 10.4. The van der Waals surface area contributed by atoms with Gasteiger partial charge in [-0.05, 0) is 0 Å². The van der Waals surface area contributed by atoms with Gasteiger partial charge in [-0.1, -0.05) is 16.8 Å². The molecule has 0 aromatic rings. The third kappa shape index (κ3) is 5.10. The molecule has 0 aliphatic rings. The van der Waals surface area contributed by atoms with E-state index >= 15 is 0 Å². The van der Waals surface area contributed by atoms with E-state index in [1.807, 2.05) is 0 Å². The molecule has 0 amide bonds. The highest BCUT2D eigenvalue weighted by molar-refractivity contribution is 6.27. The molecule has 1 atom stereocenters. The number of carbonyl (C=O) groups is 1. The van der Waals surface area contributed by atoms with Crippen LogP contribution < -0.4 is 0 Å². The number of rotatable bonds is 2. The van der Waals surface area contributed by atoms with Crippen molar-refractivity contribution < 1.29 is 14.7 Å². The van der Waals surface area contributed by atoms with Gasteiger partial charge in [-0.3, -0.25) is 4.79 Å². The number of esters is 1. The monoisotopic (exact) mass is 151 g/mol. The van der Waals surface area contributed by atoms with Gasteiger partial charge in [0, 0.05) is 6.92 Å². The summed E-state index contributed by atoms with van der Waals surface area (Å²) in [5.41, 5.74) is -0.979. The molecule has 4 nitrogen and oxygen atoms in total. The molecule has 1 N–H and O–H groups in total. The third-order valence-corrected chi connectivity index (χ3v) is 0.664. The second-order valence-corrected chi connectivity index (χ2v) is 1.66. The third-order valence-electron chi connectivity index (χ3n) is 0.462. The maximum Gasteiger partial charge on any atom is 0.304 e. The zero-order valence-corrected chi connectivity index (χ0v) is 5.50. The van der Waals surface area contributed by atoms with E-state index in [1.165, 1.54) is 6.92 Å². The lowest BCUT2D eigenvalue weighted by molar-refractivity contribution is -0.140. The SMILES string of the molecule is CC(=O)OC(Cl)/C=N/O. The highest BCUT2D eigenvalue weighted by Crippen LogP contribution is 1.93. The van der Waals surface area contributed by atoms with Crippen LogP contribution in [-0.2, 0) is 9.53 Å². The first-order valence-corrected chi connectivity index (χ1v) is 2.59. The first-order valence-electron chi connectivity index (χ1n) is 2.15. The van der Waals surface area contributed by atoms with Gasteiger partial charge in [-0.25, -0.2) is 0 Å². The first-order chi connectivity index (χ1) is 4.16. The number of alkyl halides is 1. The molecular weight excluding hydrogens is 146 g/mol. The van der Waals surface area contributed by atoms with E-state index in [0.717, 1.165) is 6.21 Å². The summed E-state index contributed by atoms with van der Waals surface area (Å²) < 4.78 is 4.31. The van der Waals surface area contributed by atoms with Crippen LogP contribution >= 0.6 is 11.6 Å². The number of oxime groups is 1. The highest BCUT2D eigenvalue weighted by Gasteiger charge is 2.01. The lowest BCUT2D eigenvalue weighted by Crippen LogP contribution is -2.10.